The smallest absolute Gasteiger partial charge is 0.169 e. The normalized spacial score (nSPS) is 10.7. The van der Waals surface area contributed by atoms with Crippen molar-refractivity contribution < 1.29 is 4.79 Å². The Kier molecular flexibility index (Phi) is 4.29. The first-order valence-corrected chi connectivity index (χ1v) is 6.98. The van der Waals surface area contributed by atoms with Crippen LogP contribution in [0.25, 0.3) is 0 Å². The Hall–Kier alpha value is -0.590. The van der Waals surface area contributed by atoms with Gasteiger partial charge in [-0.25, -0.2) is 4.98 Å². The minimum absolute atomic E-state index is 0.226. The molecule has 0 radical (unpaired) electrons. The third-order valence-electron chi connectivity index (χ3n) is 2.61. The van der Waals surface area contributed by atoms with Gasteiger partial charge in [-0.15, -0.1) is 0 Å². The van der Waals surface area contributed by atoms with Crippen LogP contribution < -0.4 is 0 Å². The number of benzene rings is 1. The van der Waals surface area contributed by atoms with Crippen molar-refractivity contribution >= 4 is 52.1 Å². The van der Waals surface area contributed by atoms with E-state index < -0.39 is 0 Å². The third kappa shape index (κ3) is 2.70. The maximum Gasteiger partial charge on any atom is 0.169 e. The van der Waals surface area contributed by atoms with E-state index >= 15 is 0 Å². The van der Waals surface area contributed by atoms with Gasteiger partial charge in [-0.05, 0) is 47.2 Å². The van der Waals surface area contributed by atoms with Gasteiger partial charge in [-0.2, -0.15) is 0 Å². The molecule has 18 heavy (non-hydrogen) atoms. The average Bonchev–Trinajstić information content (AvgIpc) is 2.57. The van der Waals surface area contributed by atoms with Gasteiger partial charge in [0.05, 0.1) is 6.54 Å². The predicted octanol–water partition coefficient (Wildman–Crippen LogP) is 3.96. The van der Waals surface area contributed by atoms with Gasteiger partial charge in [0.2, 0.25) is 0 Å². The highest BCUT2D eigenvalue weighted by atomic mass is 127. The van der Waals surface area contributed by atoms with Crippen molar-refractivity contribution in [2.24, 2.45) is 0 Å². The van der Waals surface area contributed by atoms with Crippen LogP contribution in [0.15, 0.2) is 18.2 Å². The Morgan fingerprint density at radius 2 is 2.17 bits per heavy atom. The van der Waals surface area contributed by atoms with Crippen molar-refractivity contribution in [3.05, 3.63) is 49.0 Å². The molecule has 0 saturated heterocycles. The summed E-state index contributed by atoms with van der Waals surface area (Å²) in [5, 5.41) is 0.895. The summed E-state index contributed by atoms with van der Waals surface area (Å²) in [4.78, 5) is 15.1. The van der Waals surface area contributed by atoms with Crippen molar-refractivity contribution in [2.45, 2.75) is 13.5 Å². The SMILES string of the molecule is Cc1nc(Cl)c(C=O)n1Cc1ccc(I)cc1Cl. The highest BCUT2D eigenvalue weighted by molar-refractivity contribution is 14.1. The summed E-state index contributed by atoms with van der Waals surface area (Å²) in [5.74, 6) is 0.691. The number of imidazole rings is 1. The van der Waals surface area contributed by atoms with Gasteiger partial charge >= 0.3 is 0 Å². The minimum atomic E-state index is 0.226. The number of rotatable bonds is 3. The molecule has 0 amide bonds. The Morgan fingerprint density at radius 3 is 2.78 bits per heavy atom. The van der Waals surface area contributed by atoms with Gasteiger partial charge in [0, 0.05) is 8.59 Å². The highest BCUT2D eigenvalue weighted by Crippen LogP contribution is 2.23. The summed E-state index contributed by atoms with van der Waals surface area (Å²) < 4.78 is 2.82. The summed E-state index contributed by atoms with van der Waals surface area (Å²) in [6, 6.07) is 5.79. The molecule has 0 aliphatic carbocycles. The molecule has 0 atom stereocenters. The van der Waals surface area contributed by atoms with E-state index in [1.54, 1.807) is 11.5 Å². The maximum absolute atomic E-state index is 11.0. The second-order valence-electron chi connectivity index (χ2n) is 3.77. The molecule has 2 aromatic rings. The first-order valence-electron chi connectivity index (χ1n) is 5.14. The quantitative estimate of drug-likeness (QED) is 0.583. The number of carbonyl (C=O) groups is 1. The number of hydrogen-bond donors (Lipinski definition) is 0. The van der Waals surface area contributed by atoms with E-state index in [0.717, 1.165) is 9.13 Å². The number of aromatic nitrogens is 2. The van der Waals surface area contributed by atoms with Crippen LogP contribution in [0.2, 0.25) is 10.2 Å². The van der Waals surface area contributed by atoms with E-state index in [9.17, 15) is 4.79 Å². The molecule has 0 aliphatic rings. The lowest BCUT2D eigenvalue weighted by Gasteiger charge is -2.09. The Labute approximate surface area is 128 Å². The Bertz CT molecular complexity index is 610. The molecule has 0 aliphatic heterocycles. The first-order chi connectivity index (χ1) is 8.52. The molecule has 1 aromatic carbocycles. The summed E-state index contributed by atoms with van der Waals surface area (Å²) in [6.45, 7) is 2.29. The first kappa shape index (κ1) is 13.8. The molecule has 0 bridgehead atoms. The van der Waals surface area contributed by atoms with Crippen molar-refractivity contribution in [3.8, 4) is 0 Å². The van der Waals surface area contributed by atoms with Gasteiger partial charge in [-0.1, -0.05) is 29.3 Å². The molecule has 0 unspecified atom stereocenters. The molecule has 2 rings (SSSR count). The van der Waals surface area contributed by atoms with E-state index in [1.165, 1.54) is 0 Å². The van der Waals surface area contributed by atoms with Crippen LogP contribution in [0.1, 0.15) is 21.9 Å². The van der Waals surface area contributed by atoms with Gasteiger partial charge in [-0.3, -0.25) is 4.79 Å². The van der Waals surface area contributed by atoms with Crippen molar-refractivity contribution in [1.82, 2.24) is 9.55 Å². The fourth-order valence-electron chi connectivity index (χ4n) is 1.68. The molecule has 0 N–H and O–H groups in total. The van der Waals surface area contributed by atoms with E-state index in [-0.39, 0.29) is 5.15 Å². The van der Waals surface area contributed by atoms with Gasteiger partial charge in [0.25, 0.3) is 0 Å². The predicted molar refractivity (Wildman–Crippen MR) is 80.6 cm³/mol. The van der Waals surface area contributed by atoms with Gasteiger partial charge in [0.1, 0.15) is 11.5 Å². The van der Waals surface area contributed by atoms with E-state index in [0.29, 0.717) is 29.4 Å². The van der Waals surface area contributed by atoms with Crippen LogP contribution >= 0.6 is 45.8 Å². The van der Waals surface area contributed by atoms with Crippen LogP contribution in [0, 0.1) is 10.5 Å². The van der Waals surface area contributed by atoms with Crippen molar-refractivity contribution in [2.75, 3.05) is 0 Å². The highest BCUT2D eigenvalue weighted by Gasteiger charge is 2.13. The van der Waals surface area contributed by atoms with Crippen LogP contribution in [0.5, 0.6) is 0 Å². The van der Waals surface area contributed by atoms with Gasteiger partial charge < -0.3 is 4.57 Å². The molecule has 6 heteroatoms. The molecule has 1 aromatic heterocycles. The standard InChI is InChI=1S/C12H9Cl2IN2O/c1-7-16-12(14)11(6-18)17(7)5-8-2-3-9(15)4-10(8)13/h2-4,6H,5H2,1H3. The summed E-state index contributed by atoms with van der Waals surface area (Å²) in [6.07, 6.45) is 0.711. The minimum Gasteiger partial charge on any atom is -0.320 e. The van der Waals surface area contributed by atoms with Crippen LogP contribution in [0.3, 0.4) is 0 Å². The lowest BCUT2D eigenvalue weighted by atomic mass is 10.2. The van der Waals surface area contributed by atoms with Gasteiger partial charge in [0.15, 0.2) is 11.4 Å². The van der Waals surface area contributed by atoms with Crippen molar-refractivity contribution in [1.29, 1.82) is 0 Å². The molecular formula is C12H9Cl2IN2O. The summed E-state index contributed by atoms with van der Waals surface area (Å²) in [7, 11) is 0. The number of carbonyl (C=O) groups excluding carboxylic acids is 1. The van der Waals surface area contributed by atoms with E-state index in [1.807, 2.05) is 18.2 Å². The summed E-state index contributed by atoms with van der Waals surface area (Å²) >= 11 is 14.3. The zero-order chi connectivity index (χ0) is 13.3. The number of halogens is 3. The average molecular weight is 395 g/mol. The van der Waals surface area contributed by atoms with Crippen LogP contribution in [0.4, 0.5) is 0 Å². The third-order valence-corrected chi connectivity index (χ3v) is 3.91. The molecule has 1 heterocycles. The molecule has 0 spiro atoms. The number of aldehydes is 1. The van der Waals surface area contributed by atoms with E-state index in [4.69, 9.17) is 23.2 Å². The summed E-state index contributed by atoms with van der Waals surface area (Å²) in [5.41, 5.74) is 1.31. The van der Waals surface area contributed by atoms with E-state index in [2.05, 4.69) is 27.6 Å². The van der Waals surface area contributed by atoms with Crippen LogP contribution in [-0.4, -0.2) is 15.8 Å². The zero-order valence-electron chi connectivity index (χ0n) is 9.45. The zero-order valence-corrected chi connectivity index (χ0v) is 13.1. The maximum atomic E-state index is 11.0. The number of aryl methyl sites for hydroxylation is 1. The Balaban J connectivity index is 2.42. The second kappa shape index (κ2) is 5.59. The molecule has 0 saturated carbocycles. The monoisotopic (exact) mass is 394 g/mol. The number of hydrogen-bond acceptors (Lipinski definition) is 2. The number of nitrogens with zero attached hydrogens (tertiary/aromatic N) is 2. The molecule has 0 fully saturated rings. The van der Waals surface area contributed by atoms with Crippen LogP contribution in [-0.2, 0) is 6.54 Å². The fraction of sp³-hybridized carbons (Fsp3) is 0.167. The lowest BCUT2D eigenvalue weighted by molar-refractivity contribution is 0.111. The second-order valence-corrected chi connectivity index (χ2v) is 5.79. The topological polar surface area (TPSA) is 34.9 Å². The fourth-order valence-corrected chi connectivity index (χ4v) is 2.86. The molecule has 3 nitrogen and oxygen atoms in total. The molecule has 94 valence electrons. The largest absolute Gasteiger partial charge is 0.320 e. The van der Waals surface area contributed by atoms with Crippen molar-refractivity contribution in [3.63, 3.8) is 0 Å². The Morgan fingerprint density at radius 1 is 1.44 bits per heavy atom. The molecular weight excluding hydrogens is 386 g/mol. The lowest BCUT2D eigenvalue weighted by Crippen LogP contribution is -2.06.